The third-order valence-electron chi connectivity index (χ3n) is 10.3. The molecule has 0 spiro atoms. The molecule has 2 aromatic heterocycles. The molecule has 0 amide bonds. The number of terminal acetylenes is 1. The molecule has 4 atom stereocenters. The van der Waals surface area contributed by atoms with Crippen LogP contribution in [0, 0.1) is 24.0 Å². The molecule has 2 aromatic carbocycles. The Bertz CT molecular complexity index is 2010. The summed E-state index contributed by atoms with van der Waals surface area (Å²) in [6.07, 6.45) is 8.54. The summed E-state index contributed by atoms with van der Waals surface area (Å²) in [7, 11) is 1.48. The van der Waals surface area contributed by atoms with Crippen molar-refractivity contribution in [2.45, 2.75) is 62.9 Å². The number of aromatic nitrogens is 3. The quantitative estimate of drug-likeness (QED) is 0.150. The maximum atomic E-state index is 17.4. The van der Waals surface area contributed by atoms with Crippen LogP contribution in [0.15, 0.2) is 24.3 Å². The Hall–Kier alpha value is -4.38. The van der Waals surface area contributed by atoms with E-state index in [4.69, 9.17) is 40.1 Å². The number of benzene rings is 2. The summed E-state index contributed by atoms with van der Waals surface area (Å²) in [6, 6.07) is 6.04. The second-order valence-corrected chi connectivity index (χ2v) is 13.4. The van der Waals surface area contributed by atoms with Gasteiger partial charge in [0.25, 0.3) is 0 Å². The van der Waals surface area contributed by atoms with E-state index in [9.17, 15) is 4.39 Å². The standard InChI is InChI=1S/C37H38F3N5O5/c1-4-24-26(39)9-8-21-14-23(50-20-46-3)15-25(29(21)24)32-31(40)33-30(35(41-32)47-5-2)34(45-12-7-13-48-28-16-27(28)45)43-36(42-33)49-19-37-10-6-11-44(37)18-22(38)17-37/h1,8-9,14-15,22,27-28H,5-7,10-13,16-20H2,2-3H3/t22-,27?,28?,37+/m1/s1. The van der Waals surface area contributed by atoms with E-state index in [-0.39, 0.29) is 77.2 Å². The summed E-state index contributed by atoms with van der Waals surface area (Å²) in [6.45, 7) is 4.48. The van der Waals surface area contributed by atoms with Crippen LogP contribution in [-0.4, -0.2) is 97.1 Å². The third kappa shape index (κ3) is 5.63. The number of hydrogen-bond acceptors (Lipinski definition) is 10. The number of alkyl halides is 1. The first-order chi connectivity index (χ1) is 24.3. The van der Waals surface area contributed by atoms with Gasteiger partial charge in [-0.1, -0.05) is 12.0 Å². The number of nitrogens with zero attached hydrogens (tertiary/aromatic N) is 5. The number of fused-ring (bicyclic) bond motifs is 4. The third-order valence-corrected chi connectivity index (χ3v) is 10.3. The lowest BCUT2D eigenvalue weighted by Gasteiger charge is -2.31. The molecule has 0 bridgehead atoms. The molecule has 3 aliphatic heterocycles. The average Bonchev–Trinajstić information content (AvgIpc) is 3.72. The van der Waals surface area contributed by atoms with Gasteiger partial charge in [-0.3, -0.25) is 4.90 Å². The van der Waals surface area contributed by atoms with Crippen LogP contribution in [0.1, 0.15) is 44.6 Å². The van der Waals surface area contributed by atoms with Gasteiger partial charge in [-0.25, -0.2) is 18.2 Å². The van der Waals surface area contributed by atoms with Crippen LogP contribution in [-0.2, 0) is 9.47 Å². The van der Waals surface area contributed by atoms with Crippen LogP contribution in [0.3, 0.4) is 0 Å². The Kier molecular flexibility index (Phi) is 8.57. The Labute approximate surface area is 287 Å². The summed E-state index contributed by atoms with van der Waals surface area (Å²) in [5, 5.41) is 1.09. The number of pyridine rings is 1. The molecule has 4 fully saturated rings. The summed E-state index contributed by atoms with van der Waals surface area (Å²) in [5.41, 5.74) is -0.561. The molecule has 3 saturated heterocycles. The molecule has 0 radical (unpaired) electrons. The lowest BCUT2D eigenvalue weighted by atomic mass is 9.95. The van der Waals surface area contributed by atoms with Crippen molar-refractivity contribution >= 4 is 27.5 Å². The monoisotopic (exact) mass is 689 g/mol. The largest absolute Gasteiger partial charge is 0.477 e. The molecule has 50 heavy (non-hydrogen) atoms. The second kappa shape index (κ2) is 13.1. The highest BCUT2D eigenvalue weighted by Crippen LogP contribution is 2.46. The normalized spacial score (nSPS) is 24.6. The molecule has 1 saturated carbocycles. The molecule has 0 N–H and O–H groups in total. The number of hydrogen-bond donors (Lipinski definition) is 0. The predicted octanol–water partition coefficient (Wildman–Crippen LogP) is 5.81. The number of methoxy groups -OCH3 is 1. The molecule has 1 aliphatic carbocycles. The number of rotatable bonds is 10. The number of anilines is 1. The first kappa shape index (κ1) is 32.8. The fraction of sp³-hybridized carbons (Fsp3) is 0.486. The average molecular weight is 690 g/mol. The van der Waals surface area contributed by atoms with E-state index in [0.29, 0.717) is 43.1 Å². The van der Waals surface area contributed by atoms with E-state index in [0.717, 1.165) is 32.2 Å². The van der Waals surface area contributed by atoms with Crippen LogP contribution in [0.4, 0.5) is 19.0 Å². The van der Waals surface area contributed by atoms with Gasteiger partial charge in [0.15, 0.2) is 12.6 Å². The van der Waals surface area contributed by atoms with Crippen molar-refractivity contribution in [2.24, 2.45) is 0 Å². The van der Waals surface area contributed by atoms with Crippen molar-refractivity contribution in [3.8, 4) is 41.2 Å². The zero-order chi connectivity index (χ0) is 34.6. The Morgan fingerprint density at radius 3 is 2.78 bits per heavy atom. The summed E-state index contributed by atoms with van der Waals surface area (Å²) < 4.78 is 76.4. The first-order valence-electron chi connectivity index (χ1n) is 17.1. The zero-order valence-corrected chi connectivity index (χ0v) is 28.0. The van der Waals surface area contributed by atoms with Gasteiger partial charge >= 0.3 is 6.01 Å². The molecule has 4 aromatic rings. The minimum Gasteiger partial charge on any atom is -0.477 e. The van der Waals surface area contributed by atoms with Gasteiger partial charge in [-0.05, 0) is 62.7 Å². The summed E-state index contributed by atoms with van der Waals surface area (Å²) in [4.78, 5) is 18.5. The van der Waals surface area contributed by atoms with Crippen LogP contribution < -0.4 is 19.1 Å². The van der Waals surface area contributed by atoms with Gasteiger partial charge in [-0.2, -0.15) is 9.97 Å². The highest BCUT2D eigenvalue weighted by Gasteiger charge is 2.50. The first-order valence-corrected chi connectivity index (χ1v) is 17.1. The topological polar surface area (TPSA) is 91.3 Å². The maximum absolute atomic E-state index is 17.4. The van der Waals surface area contributed by atoms with Gasteiger partial charge in [0.2, 0.25) is 5.88 Å². The maximum Gasteiger partial charge on any atom is 0.319 e. The molecule has 2 unspecified atom stereocenters. The summed E-state index contributed by atoms with van der Waals surface area (Å²) >= 11 is 0. The highest BCUT2D eigenvalue weighted by molar-refractivity contribution is 6.04. The van der Waals surface area contributed by atoms with Crippen molar-refractivity contribution in [1.29, 1.82) is 0 Å². The molecular formula is C37H38F3N5O5. The fourth-order valence-corrected chi connectivity index (χ4v) is 7.96. The van der Waals surface area contributed by atoms with Crippen LogP contribution in [0.25, 0.3) is 32.9 Å². The van der Waals surface area contributed by atoms with Crippen LogP contribution >= 0.6 is 0 Å². The van der Waals surface area contributed by atoms with Gasteiger partial charge in [0.05, 0.1) is 29.9 Å². The van der Waals surface area contributed by atoms with Crippen molar-refractivity contribution in [1.82, 2.24) is 19.9 Å². The molecule has 8 rings (SSSR count). The zero-order valence-electron chi connectivity index (χ0n) is 28.0. The van der Waals surface area contributed by atoms with E-state index in [1.54, 1.807) is 25.1 Å². The minimum atomic E-state index is -0.938. The van der Waals surface area contributed by atoms with Crippen molar-refractivity contribution in [3.63, 3.8) is 0 Å². The molecular weight excluding hydrogens is 651 g/mol. The molecule has 5 heterocycles. The molecule has 4 aliphatic rings. The van der Waals surface area contributed by atoms with Gasteiger partial charge < -0.3 is 28.6 Å². The van der Waals surface area contributed by atoms with E-state index < -0.39 is 23.3 Å². The Morgan fingerprint density at radius 1 is 1.08 bits per heavy atom. The van der Waals surface area contributed by atoms with E-state index in [2.05, 4.69) is 20.7 Å². The van der Waals surface area contributed by atoms with E-state index in [1.807, 2.05) is 0 Å². The summed E-state index contributed by atoms with van der Waals surface area (Å²) in [5.74, 6) is 1.87. The number of ether oxygens (including phenoxy) is 5. The van der Waals surface area contributed by atoms with Gasteiger partial charge in [-0.15, -0.1) is 6.42 Å². The van der Waals surface area contributed by atoms with Crippen molar-refractivity contribution < 1.29 is 36.9 Å². The molecule has 13 heteroatoms. The van der Waals surface area contributed by atoms with Crippen molar-refractivity contribution in [2.75, 3.05) is 58.3 Å². The van der Waals surface area contributed by atoms with E-state index in [1.165, 1.54) is 13.2 Å². The SMILES string of the molecule is C#Cc1c(F)ccc2cc(OCOC)cc(-c3nc(OCC)c4c(N5CCCOC6CC65)nc(OC[C@@]56CCCN5C[C@H](F)C6)nc4c3F)c12. The smallest absolute Gasteiger partial charge is 0.319 e. The number of halogens is 3. The predicted molar refractivity (Wildman–Crippen MR) is 180 cm³/mol. The second-order valence-electron chi connectivity index (χ2n) is 13.4. The van der Waals surface area contributed by atoms with E-state index >= 15 is 8.78 Å². The minimum absolute atomic E-state index is 0.0312. The Balaban J connectivity index is 1.34. The van der Waals surface area contributed by atoms with Crippen LogP contribution in [0.5, 0.6) is 17.6 Å². The lowest BCUT2D eigenvalue weighted by Crippen LogP contribution is -2.43. The highest BCUT2D eigenvalue weighted by atomic mass is 19.1. The van der Waals surface area contributed by atoms with Gasteiger partial charge in [0.1, 0.15) is 46.8 Å². The lowest BCUT2D eigenvalue weighted by molar-refractivity contribution is 0.0512. The molecule has 10 nitrogen and oxygen atoms in total. The van der Waals surface area contributed by atoms with Gasteiger partial charge in [0, 0.05) is 44.2 Å². The Morgan fingerprint density at radius 2 is 1.96 bits per heavy atom. The van der Waals surface area contributed by atoms with Crippen molar-refractivity contribution in [3.05, 3.63) is 41.5 Å². The molecule has 262 valence electrons. The van der Waals surface area contributed by atoms with Crippen LogP contribution in [0.2, 0.25) is 0 Å². The fourth-order valence-electron chi connectivity index (χ4n) is 7.96.